The van der Waals surface area contributed by atoms with Crippen molar-refractivity contribution in [1.82, 2.24) is 5.32 Å². The van der Waals surface area contributed by atoms with E-state index in [0.29, 0.717) is 6.04 Å². The molecule has 2 unspecified atom stereocenters. The van der Waals surface area contributed by atoms with Crippen LogP contribution in [0.4, 0.5) is 0 Å². The molecule has 0 radical (unpaired) electrons. The van der Waals surface area contributed by atoms with Gasteiger partial charge < -0.3 is 0 Å². The van der Waals surface area contributed by atoms with Crippen LogP contribution in [0.25, 0.3) is 0 Å². The third-order valence-corrected chi connectivity index (χ3v) is 3.77. The second kappa shape index (κ2) is 4.89. The zero-order chi connectivity index (χ0) is 12.3. The summed E-state index contributed by atoms with van der Waals surface area (Å²) in [5.41, 5.74) is 2.05. The average Bonchev–Trinajstić information content (AvgIpc) is 2.39. The summed E-state index contributed by atoms with van der Waals surface area (Å²) >= 11 is 0. The molecule has 0 aromatic heterocycles. The lowest BCUT2D eigenvalue weighted by molar-refractivity contribution is 0.324. The Hall–Kier alpha value is -1.33. The van der Waals surface area contributed by atoms with Crippen molar-refractivity contribution < 1.29 is 0 Å². The molecule has 90 valence electrons. The number of benzene rings is 1. The highest BCUT2D eigenvalue weighted by atomic mass is 15.0. The highest BCUT2D eigenvalue weighted by Gasteiger charge is 2.37. The number of nitrogens with one attached hydrogen (secondary N) is 1. The second-order valence-electron chi connectivity index (χ2n) is 4.98. The smallest absolute Gasteiger partial charge is 0.132 e. The molecule has 0 aliphatic heterocycles. The molecule has 2 atom stereocenters. The van der Waals surface area contributed by atoms with Gasteiger partial charge in [0, 0.05) is 6.04 Å². The van der Waals surface area contributed by atoms with E-state index < -0.39 is 5.54 Å². The van der Waals surface area contributed by atoms with Gasteiger partial charge in [-0.25, -0.2) is 0 Å². The van der Waals surface area contributed by atoms with E-state index in [1.807, 2.05) is 6.07 Å². The Bertz CT molecular complexity index is 433. The Kier molecular flexibility index (Phi) is 3.49. The highest BCUT2D eigenvalue weighted by Crippen LogP contribution is 2.35. The lowest BCUT2D eigenvalue weighted by Crippen LogP contribution is -2.47. The SMILES string of the molecule is CCC(C)NC1(C#N)CCCc2ccccc21. The Morgan fingerprint density at radius 3 is 2.94 bits per heavy atom. The van der Waals surface area contributed by atoms with Crippen molar-refractivity contribution in [1.29, 1.82) is 5.26 Å². The van der Waals surface area contributed by atoms with Gasteiger partial charge in [0.15, 0.2) is 0 Å². The minimum atomic E-state index is -0.468. The zero-order valence-corrected chi connectivity index (χ0v) is 10.7. The Morgan fingerprint density at radius 2 is 2.24 bits per heavy atom. The molecule has 0 saturated heterocycles. The van der Waals surface area contributed by atoms with Crippen LogP contribution in [0.5, 0.6) is 0 Å². The maximum absolute atomic E-state index is 9.62. The first-order valence-electron chi connectivity index (χ1n) is 6.49. The fraction of sp³-hybridized carbons (Fsp3) is 0.533. The molecule has 1 N–H and O–H groups in total. The van der Waals surface area contributed by atoms with E-state index in [-0.39, 0.29) is 0 Å². The fourth-order valence-electron chi connectivity index (χ4n) is 2.65. The van der Waals surface area contributed by atoms with Crippen molar-refractivity contribution in [3.63, 3.8) is 0 Å². The van der Waals surface area contributed by atoms with E-state index in [9.17, 15) is 5.26 Å². The van der Waals surface area contributed by atoms with E-state index in [2.05, 4.69) is 43.4 Å². The van der Waals surface area contributed by atoms with Crippen molar-refractivity contribution in [3.05, 3.63) is 35.4 Å². The van der Waals surface area contributed by atoms with Crippen molar-refractivity contribution in [3.8, 4) is 6.07 Å². The molecule has 0 amide bonds. The summed E-state index contributed by atoms with van der Waals surface area (Å²) < 4.78 is 0. The van der Waals surface area contributed by atoms with Gasteiger partial charge in [0.2, 0.25) is 0 Å². The van der Waals surface area contributed by atoms with Crippen LogP contribution in [-0.2, 0) is 12.0 Å². The Labute approximate surface area is 104 Å². The lowest BCUT2D eigenvalue weighted by Gasteiger charge is -2.36. The number of fused-ring (bicyclic) bond motifs is 1. The molecule has 0 spiro atoms. The maximum Gasteiger partial charge on any atom is 0.132 e. The minimum absolute atomic E-state index is 0.376. The van der Waals surface area contributed by atoms with Crippen molar-refractivity contribution in [2.75, 3.05) is 0 Å². The summed E-state index contributed by atoms with van der Waals surface area (Å²) in [5, 5.41) is 13.1. The van der Waals surface area contributed by atoms with E-state index in [1.165, 1.54) is 11.1 Å². The first kappa shape index (κ1) is 12.1. The molecule has 0 heterocycles. The quantitative estimate of drug-likeness (QED) is 0.862. The van der Waals surface area contributed by atoms with E-state index in [4.69, 9.17) is 0 Å². The van der Waals surface area contributed by atoms with Crippen LogP contribution in [0.1, 0.15) is 44.2 Å². The fourth-order valence-corrected chi connectivity index (χ4v) is 2.65. The molecule has 1 aromatic carbocycles. The summed E-state index contributed by atoms with van der Waals surface area (Å²) in [5.74, 6) is 0. The van der Waals surface area contributed by atoms with Crippen LogP contribution < -0.4 is 5.32 Å². The first-order chi connectivity index (χ1) is 8.22. The monoisotopic (exact) mass is 228 g/mol. The van der Waals surface area contributed by atoms with Crippen LogP contribution >= 0.6 is 0 Å². The van der Waals surface area contributed by atoms with Gasteiger partial charge in [-0.2, -0.15) is 5.26 Å². The van der Waals surface area contributed by atoms with E-state index in [1.54, 1.807) is 0 Å². The van der Waals surface area contributed by atoms with Crippen molar-refractivity contribution in [2.24, 2.45) is 0 Å². The number of nitriles is 1. The summed E-state index contributed by atoms with van der Waals surface area (Å²) in [4.78, 5) is 0. The summed E-state index contributed by atoms with van der Waals surface area (Å²) in [7, 11) is 0. The predicted octanol–water partition coefficient (Wildman–Crippen LogP) is 3.13. The number of aryl methyl sites for hydroxylation is 1. The molecule has 2 nitrogen and oxygen atoms in total. The predicted molar refractivity (Wildman–Crippen MR) is 69.6 cm³/mol. The first-order valence-corrected chi connectivity index (χ1v) is 6.49. The molecular weight excluding hydrogens is 208 g/mol. The molecule has 2 rings (SSSR count). The maximum atomic E-state index is 9.62. The Morgan fingerprint density at radius 1 is 1.47 bits per heavy atom. The zero-order valence-electron chi connectivity index (χ0n) is 10.7. The summed E-state index contributed by atoms with van der Waals surface area (Å²) in [6.07, 6.45) is 4.16. The van der Waals surface area contributed by atoms with Gasteiger partial charge in [0.05, 0.1) is 6.07 Å². The Balaban J connectivity index is 2.40. The number of hydrogen-bond donors (Lipinski definition) is 1. The molecule has 1 aromatic rings. The second-order valence-corrected chi connectivity index (χ2v) is 4.98. The minimum Gasteiger partial charge on any atom is -0.293 e. The van der Waals surface area contributed by atoms with Crippen LogP contribution in [0.3, 0.4) is 0 Å². The molecule has 0 fully saturated rings. The van der Waals surface area contributed by atoms with Gasteiger partial charge in [-0.05, 0) is 43.7 Å². The lowest BCUT2D eigenvalue weighted by atomic mass is 9.77. The largest absolute Gasteiger partial charge is 0.293 e. The molecule has 0 saturated carbocycles. The standard InChI is InChI=1S/C15H20N2/c1-3-12(2)17-15(11-16)10-6-8-13-7-4-5-9-14(13)15/h4-5,7,9,12,17H,3,6,8,10H2,1-2H3. The van der Waals surface area contributed by atoms with Crippen molar-refractivity contribution >= 4 is 0 Å². The van der Waals surface area contributed by atoms with Gasteiger partial charge in [0.25, 0.3) is 0 Å². The van der Waals surface area contributed by atoms with Crippen LogP contribution in [0.2, 0.25) is 0 Å². The number of nitrogens with zero attached hydrogens (tertiary/aromatic N) is 1. The summed E-state index contributed by atoms with van der Waals surface area (Å²) in [6.45, 7) is 4.30. The molecule has 1 aliphatic carbocycles. The molecule has 17 heavy (non-hydrogen) atoms. The van der Waals surface area contributed by atoms with E-state index in [0.717, 1.165) is 25.7 Å². The third-order valence-electron chi connectivity index (χ3n) is 3.77. The van der Waals surface area contributed by atoms with Gasteiger partial charge in [-0.1, -0.05) is 31.2 Å². The number of rotatable bonds is 3. The molecule has 1 aliphatic rings. The van der Waals surface area contributed by atoms with Gasteiger partial charge in [-0.3, -0.25) is 5.32 Å². The van der Waals surface area contributed by atoms with Crippen LogP contribution in [0, 0.1) is 11.3 Å². The normalized spacial score (nSPS) is 24.8. The highest BCUT2D eigenvalue weighted by molar-refractivity contribution is 5.40. The van der Waals surface area contributed by atoms with Crippen LogP contribution in [-0.4, -0.2) is 6.04 Å². The molecule has 2 heteroatoms. The van der Waals surface area contributed by atoms with Gasteiger partial charge in [-0.15, -0.1) is 0 Å². The third kappa shape index (κ3) is 2.21. The molecule has 0 bridgehead atoms. The summed E-state index contributed by atoms with van der Waals surface area (Å²) in [6, 6.07) is 11.3. The number of hydrogen-bond acceptors (Lipinski definition) is 2. The van der Waals surface area contributed by atoms with E-state index >= 15 is 0 Å². The van der Waals surface area contributed by atoms with Gasteiger partial charge in [0.1, 0.15) is 5.54 Å². The van der Waals surface area contributed by atoms with Gasteiger partial charge >= 0.3 is 0 Å². The van der Waals surface area contributed by atoms with Crippen molar-refractivity contribution in [2.45, 2.75) is 51.1 Å². The molecular formula is C15H20N2. The average molecular weight is 228 g/mol. The topological polar surface area (TPSA) is 35.8 Å². The van der Waals surface area contributed by atoms with Crippen LogP contribution in [0.15, 0.2) is 24.3 Å².